The number of benzene rings is 2. The fourth-order valence-corrected chi connectivity index (χ4v) is 3.04. The van der Waals surface area contributed by atoms with Crippen molar-refractivity contribution in [2.45, 2.75) is 19.0 Å². The molecule has 0 saturated heterocycles. The summed E-state index contributed by atoms with van der Waals surface area (Å²) >= 11 is 0. The minimum absolute atomic E-state index is 0.271. The minimum Gasteiger partial charge on any atom is -0.497 e. The number of carbonyl (C=O) groups excluding carboxylic acids is 2. The Bertz CT molecular complexity index is 1090. The smallest absolute Gasteiger partial charge is 0.328 e. The van der Waals surface area contributed by atoms with Crippen molar-refractivity contribution in [3.8, 4) is 17.0 Å². The molecule has 1 atom stereocenters. The van der Waals surface area contributed by atoms with Crippen LogP contribution in [0.3, 0.4) is 0 Å². The van der Waals surface area contributed by atoms with Crippen molar-refractivity contribution in [1.29, 1.82) is 0 Å². The Kier molecular flexibility index (Phi) is 7.16. The number of hydrogen-bond donors (Lipinski definition) is 1. The molecule has 1 amide bonds. The van der Waals surface area contributed by atoms with E-state index >= 15 is 0 Å². The molecule has 8 nitrogen and oxygen atoms in total. The monoisotopic (exact) mass is 421 g/mol. The summed E-state index contributed by atoms with van der Waals surface area (Å²) in [5, 5.41) is 6.92. The van der Waals surface area contributed by atoms with Crippen LogP contribution in [0.1, 0.15) is 5.56 Å². The van der Waals surface area contributed by atoms with E-state index in [2.05, 4.69) is 10.4 Å². The van der Waals surface area contributed by atoms with Crippen LogP contribution in [0.15, 0.2) is 71.5 Å². The zero-order valence-corrected chi connectivity index (χ0v) is 17.3. The summed E-state index contributed by atoms with van der Waals surface area (Å²) < 4.78 is 11.0. The van der Waals surface area contributed by atoms with Gasteiger partial charge in [-0.2, -0.15) is 5.10 Å². The van der Waals surface area contributed by atoms with Crippen molar-refractivity contribution in [2.24, 2.45) is 0 Å². The Hall–Kier alpha value is -3.94. The van der Waals surface area contributed by atoms with Crippen LogP contribution in [0.2, 0.25) is 0 Å². The molecule has 1 heterocycles. The number of nitrogens with zero attached hydrogens (tertiary/aromatic N) is 2. The van der Waals surface area contributed by atoms with Crippen molar-refractivity contribution < 1.29 is 19.1 Å². The first kappa shape index (κ1) is 21.8. The third-order valence-electron chi connectivity index (χ3n) is 4.65. The second-order valence-electron chi connectivity index (χ2n) is 6.78. The fourth-order valence-electron chi connectivity index (χ4n) is 3.04. The van der Waals surface area contributed by atoms with Gasteiger partial charge in [0.25, 0.3) is 5.56 Å². The molecular formula is C23H23N3O5. The van der Waals surface area contributed by atoms with Gasteiger partial charge in [0.05, 0.1) is 19.9 Å². The van der Waals surface area contributed by atoms with E-state index in [4.69, 9.17) is 9.47 Å². The van der Waals surface area contributed by atoms with Gasteiger partial charge < -0.3 is 14.8 Å². The van der Waals surface area contributed by atoms with Crippen LogP contribution in [0, 0.1) is 0 Å². The average Bonchev–Trinajstić information content (AvgIpc) is 2.80. The molecule has 2 aromatic carbocycles. The number of hydrogen-bond acceptors (Lipinski definition) is 6. The molecule has 0 saturated carbocycles. The number of aromatic nitrogens is 2. The number of esters is 1. The van der Waals surface area contributed by atoms with Gasteiger partial charge in [0, 0.05) is 18.1 Å². The van der Waals surface area contributed by atoms with Crippen molar-refractivity contribution in [2.75, 3.05) is 14.2 Å². The molecular weight excluding hydrogens is 398 g/mol. The Morgan fingerprint density at radius 3 is 2.35 bits per heavy atom. The molecule has 3 rings (SSSR count). The molecule has 1 N–H and O–H groups in total. The lowest BCUT2D eigenvalue weighted by Gasteiger charge is -2.17. The van der Waals surface area contributed by atoms with E-state index in [9.17, 15) is 14.4 Å². The zero-order valence-electron chi connectivity index (χ0n) is 17.3. The van der Waals surface area contributed by atoms with Crippen LogP contribution in [0.25, 0.3) is 11.3 Å². The normalized spacial score (nSPS) is 11.4. The largest absolute Gasteiger partial charge is 0.497 e. The van der Waals surface area contributed by atoms with Crippen molar-refractivity contribution in [3.05, 3.63) is 82.6 Å². The molecule has 0 radical (unpaired) electrons. The summed E-state index contributed by atoms with van der Waals surface area (Å²) in [6.07, 6.45) is 0.271. The van der Waals surface area contributed by atoms with Crippen LogP contribution < -0.4 is 15.6 Å². The second-order valence-corrected chi connectivity index (χ2v) is 6.78. The standard InChI is InChI=1S/C23H23N3O5/c1-30-18-10-8-17(9-11-18)19-12-13-22(28)26(25-19)15-21(27)24-20(23(29)31-2)14-16-6-4-3-5-7-16/h3-13,20H,14-15H2,1-2H3,(H,24,27)/t20-/m0/s1. The highest BCUT2D eigenvalue weighted by molar-refractivity contribution is 5.84. The molecule has 0 aliphatic carbocycles. The molecule has 8 heteroatoms. The quantitative estimate of drug-likeness (QED) is 0.557. The molecule has 0 aliphatic rings. The first-order chi connectivity index (χ1) is 15.0. The van der Waals surface area contributed by atoms with E-state index in [1.807, 2.05) is 42.5 Å². The summed E-state index contributed by atoms with van der Waals surface area (Å²) in [5.41, 5.74) is 1.75. The number of methoxy groups -OCH3 is 2. The molecule has 0 spiro atoms. The van der Waals surface area contributed by atoms with E-state index in [1.165, 1.54) is 13.2 Å². The SMILES string of the molecule is COC(=O)[C@H](Cc1ccccc1)NC(=O)Cn1nc(-c2ccc(OC)cc2)ccc1=O. The lowest BCUT2D eigenvalue weighted by Crippen LogP contribution is -2.45. The topological polar surface area (TPSA) is 99.5 Å². The molecule has 0 unspecified atom stereocenters. The first-order valence-electron chi connectivity index (χ1n) is 9.64. The van der Waals surface area contributed by atoms with E-state index in [0.717, 1.165) is 15.8 Å². The van der Waals surface area contributed by atoms with E-state index in [-0.39, 0.29) is 13.0 Å². The van der Waals surface area contributed by atoms with Crippen molar-refractivity contribution in [1.82, 2.24) is 15.1 Å². The zero-order chi connectivity index (χ0) is 22.2. The Morgan fingerprint density at radius 1 is 1.00 bits per heavy atom. The Morgan fingerprint density at radius 2 is 1.71 bits per heavy atom. The summed E-state index contributed by atoms with van der Waals surface area (Å²) in [6, 6.07) is 18.5. The van der Waals surface area contributed by atoms with Crippen LogP contribution in [0.4, 0.5) is 0 Å². The van der Waals surface area contributed by atoms with Gasteiger partial charge in [0.2, 0.25) is 5.91 Å². The van der Waals surface area contributed by atoms with Crippen LogP contribution >= 0.6 is 0 Å². The number of ether oxygens (including phenoxy) is 2. The fraction of sp³-hybridized carbons (Fsp3) is 0.217. The van der Waals surface area contributed by atoms with Gasteiger partial charge in [0.1, 0.15) is 18.3 Å². The summed E-state index contributed by atoms with van der Waals surface area (Å²) in [6.45, 7) is -0.328. The number of rotatable bonds is 8. The van der Waals surface area contributed by atoms with E-state index < -0.39 is 23.5 Å². The van der Waals surface area contributed by atoms with Gasteiger partial charge in [-0.15, -0.1) is 0 Å². The maximum Gasteiger partial charge on any atom is 0.328 e. The summed E-state index contributed by atoms with van der Waals surface area (Å²) in [7, 11) is 2.84. The molecule has 0 fully saturated rings. The summed E-state index contributed by atoms with van der Waals surface area (Å²) in [4.78, 5) is 36.9. The van der Waals surface area contributed by atoms with Gasteiger partial charge >= 0.3 is 5.97 Å². The second kappa shape index (κ2) is 10.2. The van der Waals surface area contributed by atoms with E-state index in [1.54, 1.807) is 25.3 Å². The Labute approximate surface area is 179 Å². The Balaban J connectivity index is 1.74. The minimum atomic E-state index is -0.875. The number of carbonyl (C=O) groups is 2. The lowest BCUT2D eigenvalue weighted by molar-refractivity contribution is -0.145. The summed E-state index contributed by atoms with van der Waals surface area (Å²) in [5.74, 6) is -0.388. The molecule has 1 aromatic heterocycles. The number of amides is 1. The maximum absolute atomic E-state index is 12.6. The average molecular weight is 421 g/mol. The van der Waals surface area contributed by atoms with Gasteiger partial charge in [-0.25, -0.2) is 9.48 Å². The van der Waals surface area contributed by atoms with Gasteiger partial charge in [-0.05, 0) is 35.9 Å². The lowest BCUT2D eigenvalue weighted by atomic mass is 10.1. The van der Waals surface area contributed by atoms with Gasteiger partial charge in [-0.3, -0.25) is 9.59 Å². The highest BCUT2D eigenvalue weighted by Gasteiger charge is 2.22. The van der Waals surface area contributed by atoms with Crippen molar-refractivity contribution >= 4 is 11.9 Å². The van der Waals surface area contributed by atoms with Gasteiger partial charge in [0.15, 0.2) is 0 Å². The highest BCUT2D eigenvalue weighted by atomic mass is 16.5. The van der Waals surface area contributed by atoms with E-state index in [0.29, 0.717) is 11.4 Å². The predicted molar refractivity (Wildman–Crippen MR) is 115 cm³/mol. The molecule has 3 aromatic rings. The van der Waals surface area contributed by atoms with Crippen LogP contribution in [-0.4, -0.2) is 41.9 Å². The van der Waals surface area contributed by atoms with Crippen LogP contribution in [0.5, 0.6) is 5.75 Å². The maximum atomic E-state index is 12.6. The molecule has 0 aliphatic heterocycles. The third kappa shape index (κ3) is 5.79. The molecule has 0 bridgehead atoms. The van der Waals surface area contributed by atoms with Gasteiger partial charge in [-0.1, -0.05) is 30.3 Å². The van der Waals surface area contributed by atoms with Crippen molar-refractivity contribution in [3.63, 3.8) is 0 Å². The van der Waals surface area contributed by atoms with Crippen LogP contribution in [-0.2, 0) is 27.3 Å². The predicted octanol–water partition coefficient (Wildman–Crippen LogP) is 1.82. The first-order valence-corrected chi connectivity index (χ1v) is 9.64. The number of nitrogens with one attached hydrogen (secondary N) is 1. The highest BCUT2D eigenvalue weighted by Crippen LogP contribution is 2.19. The third-order valence-corrected chi connectivity index (χ3v) is 4.65. The molecule has 31 heavy (non-hydrogen) atoms. The molecule has 160 valence electrons.